The van der Waals surface area contributed by atoms with Crippen LogP contribution < -0.4 is 15.8 Å². The second kappa shape index (κ2) is 6.95. The molecule has 1 amide bonds. The minimum atomic E-state index is -0.135. The van der Waals surface area contributed by atoms with Crippen molar-refractivity contribution in [3.05, 3.63) is 48.3 Å². The van der Waals surface area contributed by atoms with Crippen LogP contribution in [0.25, 0.3) is 0 Å². The molecule has 112 valence electrons. The Morgan fingerprint density at radius 2 is 2.14 bits per heavy atom. The lowest BCUT2D eigenvalue weighted by Gasteiger charge is -2.13. The Bertz CT molecular complexity index is 605. The second-order valence-electron chi connectivity index (χ2n) is 5.01. The quantitative estimate of drug-likeness (QED) is 0.858. The Kier molecular flexibility index (Phi) is 5.00. The molecule has 0 aliphatic heterocycles. The molecule has 0 unspecified atom stereocenters. The van der Waals surface area contributed by atoms with Gasteiger partial charge < -0.3 is 20.4 Å². The minimum Gasteiger partial charge on any atom is -0.492 e. The zero-order chi connectivity index (χ0) is 15.2. The number of ether oxygens (including phenoxy) is 1. The molecule has 0 fully saturated rings. The van der Waals surface area contributed by atoms with E-state index in [2.05, 4.69) is 5.32 Å². The number of benzene rings is 1. The molecule has 0 radical (unpaired) electrons. The summed E-state index contributed by atoms with van der Waals surface area (Å²) in [5.41, 5.74) is 6.74. The number of aromatic nitrogens is 1. The van der Waals surface area contributed by atoms with E-state index in [9.17, 15) is 4.79 Å². The molecule has 0 saturated heterocycles. The van der Waals surface area contributed by atoms with Gasteiger partial charge in [-0.3, -0.25) is 4.79 Å². The van der Waals surface area contributed by atoms with Crippen LogP contribution in [0.5, 0.6) is 5.75 Å². The van der Waals surface area contributed by atoms with Crippen molar-refractivity contribution in [3.63, 3.8) is 0 Å². The second-order valence-corrected chi connectivity index (χ2v) is 5.01. The molecule has 0 atom stereocenters. The lowest BCUT2D eigenvalue weighted by atomic mass is 10.2. The van der Waals surface area contributed by atoms with Gasteiger partial charge >= 0.3 is 0 Å². The van der Waals surface area contributed by atoms with Crippen LogP contribution >= 0.6 is 0 Å². The van der Waals surface area contributed by atoms with Crippen LogP contribution in [0.15, 0.2) is 42.6 Å². The van der Waals surface area contributed by atoms with Crippen molar-refractivity contribution in [2.45, 2.75) is 19.9 Å². The van der Waals surface area contributed by atoms with Crippen LogP contribution in [0.1, 0.15) is 30.4 Å². The van der Waals surface area contributed by atoms with Crippen molar-refractivity contribution >= 4 is 11.6 Å². The fourth-order valence-corrected chi connectivity index (χ4v) is 2.07. The average molecular weight is 287 g/mol. The third kappa shape index (κ3) is 3.86. The number of anilines is 1. The number of carbonyl (C=O) groups excluding carboxylic acids is 1. The first-order valence-corrected chi connectivity index (χ1v) is 7.03. The normalized spacial score (nSPS) is 10.7. The van der Waals surface area contributed by atoms with Crippen molar-refractivity contribution in [1.82, 2.24) is 4.57 Å². The Morgan fingerprint density at radius 1 is 1.33 bits per heavy atom. The van der Waals surface area contributed by atoms with Gasteiger partial charge in [0.15, 0.2) is 0 Å². The molecule has 3 N–H and O–H groups in total. The van der Waals surface area contributed by atoms with E-state index >= 15 is 0 Å². The lowest BCUT2D eigenvalue weighted by molar-refractivity contribution is 0.101. The number of amides is 1. The van der Waals surface area contributed by atoms with E-state index in [0.717, 1.165) is 0 Å². The first-order valence-electron chi connectivity index (χ1n) is 7.03. The van der Waals surface area contributed by atoms with E-state index in [1.165, 1.54) is 0 Å². The zero-order valence-corrected chi connectivity index (χ0v) is 12.4. The number of hydrogen-bond acceptors (Lipinski definition) is 3. The number of nitrogens with two attached hydrogens (primary N) is 1. The Morgan fingerprint density at radius 3 is 2.86 bits per heavy atom. The van der Waals surface area contributed by atoms with Gasteiger partial charge in [0, 0.05) is 30.5 Å². The molecule has 21 heavy (non-hydrogen) atoms. The van der Waals surface area contributed by atoms with Crippen LogP contribution in [0, 0.1) is 0 Å². The number of rotatable bonds is 6. The summed E-state index contributed by atoms with van der Waals surface area (Å²) in [5.74, 6) is 0.558. The molecule has 1 aromatic carbocycles. The van der Waals surface area contributed by atoms with Gasteiger partial charge in [0.1, 0.15) is 18.1 Å². The van der Waals surface area contributed by atoms with Crippen molar-refractivity contribution in [2.24, 2.45) is 5.73 Å². The Balaban J connectivity index is 2.10. The predicted octanol–water partition coefficient (Wildman–Crippen LogP) is 2.66. The van der Waals surface area contributed by atoms with Crippen molar-refractivity contribution in [1.29, 1.82) is 0 Å². The van der Waals surface area contributed by atoms with E-state index < -0.39 is 0 Å². The van der Waals surface area contributed by atoms with Gasteiger partial charge in [0.2, 0.25) is 0 Å². The number of nitrogens with one attached hydrogen (secondary N) is 1. The Labute approximate surface area is 124 Å². The van der Waals surface area contributed by atoms with Crippen molar-refractivity contribution in [3.8, 4) is 5.75 Å². The molecule has 0 aliphatic rings. The Hall–Kier alpha value is -2.27. The number of carbonyl (C=O) groups is 1. The summed E-state index contributed by atoms with van der Waals surface area (Å²) >= 11 is 0. The van der Waals surface area contributed by atoms with Gasteiger partial charge in [-0.1, -0.05) is 6.07 Å². The van der Waals surface area contributed by atoms with Gasteiger partial charge in [0.05, 0.1) is 0 Å². The van der Waals surface area contributed by atoms with Crippen LogP contribution in [0.4, 0.5) is 5.69 Å². The minimum absolute atomic E-state index is 0.135. The molecule has 0 bridgehead atoms. The molecular weight excluding hydrogens is 266 g/mol. The molecular formula is C16H21N3O2. The van der Waals surface area contributed by atoms with Crippen molar-refractivity contribution < 1.29 is 9.53 Å². The van der Waals surface area contributed by atoms with Gasteiger partial charge in [0.25, 0.3) is 5.91 Å². The zero-order valence-electron chi connectivity index (χ0n) is 12.4. The maximum Gasteiger partial charge on any atom is 0.272 e. The topological polar surface area (TPSA) is 69.3 Å². The van der Waals surface area contributed by atoms with Crippen LogP contribution in [-0.4, -0.2) is 23.6 Å². The van der Waals surface area contributed by atoms with E-state index in [-0.39, 0.29) is 11.9 Å². The van der Waals surface area contributed by atoms with E-state index in [1.54, 1.807) is 6.07 Å². The average Bonchev–Trinajstić information content (AvgIpc) is 2.95. The first kappa shape index (κ1) is 15.1. The van der Waals surface area contributed by atoms with E-state index in [4.69, 9.17) is 10.5 Å². The summed E-state index contributed by atoms with van der Waals surface area (Å²) < 4.78 is 7.38. The molecule has 5 heteroatoms. The highest BCUT2D eigenvalue weighted by Crippen LogP contribution is 2.19. The highest BCUT2D eigenvalue weighted by molar-refractivity contribution is 6.03. The molecule has 0 aliphatic carbocycles. The fraction of sp³-hybridized carbons (Fsp3) is 0.312. The highest BCUT2D eigenvalue weighted by atomic mass is 16.5. The summed E-state index contributed by atoms with van der Waals surface area (Å²) in [6.45, 7) is 4.99. The van der Waals surface area contributed by atoms with Crippen LogP contribution in [0.2, 0.25) is 0 Å². The molecule has 1 aromatic heterocycles. The largest absolute Gasteiger partial charge is 0.492 e. The maximum atomic E-state index is 12.3. The number of hydrogen-bond donors (Lipinski definition) is 2. The van der Waals surface area contributed by atoms with Gasteiger partial charge in [-0.2, -0.15) is 0 Å². The standard InChI is InChI=1S/C16H21N3O2/c1-12(2)19-9-4-7-15(19)16(20)18-13-5-3-6-14(11-13)21-10-8-17/h3-7,9,11-12H,8,10,17H2,1-2H3,(H,18,20). The molecule has 2 rings (SSSR count). The van der Waals surface area contributed by atoms with Crippen LogP contribution in [0.3, 0.4) is 0 Å². The first-order chi connectivity index (χ1) is 10.1. The number of nitrogens with zero attached hydrogens (tertiary/aromatic N) is 1. The summed E-state index contributed by atoms with van der Waals surface area (Å²) in [5, 5.41) is 2.89. The molecule has 0 saturated carbocycles. The maximum absolute atomic E-state index is 12.3. The lowest BCUT2D eigenvalue weighted by Crippen LogP contribution is -2.17. The smallest absolute Gasteiger partial charge is 0.272 e. The highest BCUT2D eigenvalue weighted by Gasteiger charge is 2.12. The third-order valence-electron chi connectivity index (χ3n) is 3.05. The van der Waals surface area contributed by atoms with Gasteiger partial charge in [-0.05, 0) is 38.1 Å². The van der Waals surface area contributed by atoms with Gasteiger partial charge in [-0.15, -0.1) is 0 Å². The van der Waals surface area contributed by atoms with E-state index in [1.807, 2.05) is 54.9 Å². The molecule has 0 spiro atoms. The predicted molar refractivity (Wildman–Crippen MR) is 83.8 cm³/mol. The summed E-state index contributed by atoms with van der Waals surface area (Å²) in [6, 6.07) is 11.2. The summed E-state index contributed by atoms with van der Waals surface area (Å²) in [6.07, 6.45) is 1.90. The SMILES string of the molecule is CC(C)n1cccc1C(=O)Nc1cccc(OCCN)c1. The molecule has 5 nitrogen and oxygen atoms in total. The van der Waals surface area contributed by atoms with Crippen molar-refractivity contribution in [2.75, 3.05) is 18.5 Å². The third-order valence-corrected chi connectivity index (χ3v) is 3.05. The van der Waals surface area contributed by atoms with E-state index in [0.29, 0.717) is 30.3 Å². The molecule has 1 heterocycles. The monoisotopic (exact) mass is 287 g/mol. The molecule has 2 aromatic rings. The fourth-order valence-electron chi connectivity index (χ4n) is 2.07. The summed E-state index contributed by atoms with van der Waals surface area (Å²) in [7, 11) is 0. The summed E-state index contributed by atoms with van der Waals surface area (Å²) in [4.78, 5) is 12.3. The van der Waals surface area contributed by atoms with Gasteiger partial charge in [-0.25, -0.2) is 0 Å². The van der Waals surface area contributed by atoms with Crippen LogP contribution in [-0.2, 0) is 0 Å².